The van der Waals surface area contributed by atoms with Gasteiger partial charge in [0.15, 0.2) is 11.6 Å². The summed E-state index contributed by atoms with van der Waals surface area (Å²) in [5, 5.41) is 8.03. The highest BCUT2D eigenvalue weighted by atomic mass is 19.1. The summed E-state index contributed by atoms with van der Waals surface area (Å²) in [6.07, 6.45) is 0.832. The predicted octanol–water partition coefficient (Wildman–Crippen LogP) is 2.20. The van der Waals surface area contributed by atoms with Crippen LogP contribution in [0.5, 0.6) is 5.75 Å². The molecule has 1 heterocycles. The van der Waals surface area contributed by atoms with E-state index in [1.165, 1.54) is 13.2 Å². The molecule has 5 heteroatoms. The van der Waals surface area contributed by atoms with Gasteiger partial charge in [0, 0.05) is 24.4 Å². The number of aromatic nitrogens is 2. The SMILES string of the molecule is CCN(C)CCc1n[nH]c2cc(F)c(OC)cc12. The zero-order valence-corrected chi connectivity index (χ0v) is 11.0. The second-order valence-corrected chi connectivity index (χ2v) is 4.35. The first-order chi connectivity index (χ1) is 8.65. The van der Waals surface area contributed by atoms with Crippen molar-refractivity contribution in [2.75, 3.05) is 27.2 Å². The molecule has 2 aromatic rings. The Kier molecular flexibility index (Phi) is 3.81. The maximum Gasteiger partial charge on any atom is 0.167 e. The molecule has 1 aromatic carbocycles. The molecule has 0 aliphatic carbocycles. The Bertz CT molecular complexity index is 538. The van der Waals surface area contributed by atoms with Crippen molar-refractivity contribution in [3.05, 3.63) is 23.6 Å². The van der Waals surface area contributed by atoms with Gasteiger partial charge >= 0.3 is 0 Å². The van der Waals surface area contributed by atoms with E-state index in [4.69, 9.17) is 4.74 Å². The molecule has 0 unspecified atom stereocenters. The molecule has 0 radical (unpaired) electrons. The van der Waals surface area contributed by atoms with Crippen molar-refractivity contribution in [3.63, 3.8) is 0 Å². The Labute approximate surface area is 106 Å². The van der Waals surface area contributed by atoms with Crippen LogP contribution in [-0.2, 0) is 6.42 Å². The smallest absolute Gasteiger partial charge is 0.167 e. The first kappa shape index (κ1) is 12.8. The van der Waals surface area contributed by atoms with Crippen LogP contribution in [0.3, 0.4) is 0 Å². The number of nitrogens with one attached hydrogen (secondary N) is 1. The summed E-state index contributed by atoms with van der Waals surface area (Å²) in [5.41, 5.74) is 1.66. The summed E-state index contributed by atoms with van der Waals surface area (Å²) in [5.74, 6) is -0.111. The maximum absolute atomic E-state index is 13.5. The fourth-order valence-electron chi connectivity index (χ4n) is 1.87. The highest BCUT2D eigenvalue weighted by molar-refractivity contribution is 5.83. The average molecular weight is 251 g/mol. The second kappa shape index (κ2) is 5.35. The van der Waals surface area contributed by atoms with E-state index in [0.717, 1.165) is 30.6 Å². The largest absolute Gasteiger partial charge is 0.494 e. The standard InChI is InChI=1S/C13H18FN3O/c1-4-17(2)6-5-11-9-7-13(18-3)10(14)8-12(9)16-15-11/h7-8H,4-6H2,1-3H3,(H,15,16). The lowest BCUT2D eigenvalue weighted by atomic mass is 10.1. The van der Waals surface area contributed by atoms with Crippen LogP contribution in [0.2, 0.25) is 0 Å². The zero-order valence-electron chi connectivity index (χ0n) is 11.0. The van der Waals surface area contributed by atoms with Crippen molar-refractivity contribution in [2.24, 2.45) is 0 Å². The highest BCUT2D eigenvalue weighted by Gasteiger charge is 2.11. The van der Waals surface area contributed by atoms with Crippen molar-refractivity contribution in [2.45, 2.75) is 13.3 Å². The molecule has 18 heavy (non-hydrogen) atoms. The summed E-state index contributed by atoms with van der Waals surface area (Å²) in [7, 11) is 3.53. The van der Waals surface area contributed by atoms with Crippen LogP contribution in [0.1, 0.15) is 12.6 Å². The molecule has 0 fully saturated rings. The molecule has 0 aliphatic rings. The molecule has 0 aliphatic heterocycles. The van der Waals surface area contributed by atoms with E-state index in [2.05, 4.69) is 29.1 Å². The molecule has 1 aromatic heterocycles. The number of hydrogen-bond acceptors (Lipinski definition) is 3. The second-order valence-electron chi connectivity index (χ2n) is 4.35. The summed E-state index contributed by atoms with van der Waals surface area (Å²) in [6, 6.07) is 3.13. The molecule has 98 valence electrons. The topological polar surface area (TPSA) is 41.2 Å². The van der Waals surface area contributed by atoms with Crippen LogP contribution in [0, 0.1) is 5.82 Å². The minimum absolute atomic E-state index is 0.258. The third-order valence-corrected chi connectivity index (χ3v) is 3.18. The van der Waals surface area contributed by atoms with E-state index in [9.17, 15) is 4.39 Å². The number of nitrogens with zero attached hydrogens (tertiary/aromatic N) is 2. The van der Waals surface area contributed by atoms with Crippen molar-refractivity contribution < 1.29 is 9.13 Å². The number of halogens is 1. The minimum Gasteiger partial charge on any atom is -0.494 e. The lowest BCUT2D eigenvalue weighted by molar-refractivity contribution is 0.356. The first-order valence-corrected chi connectivity index (χ1v) is 6.04. The molecule has 0 spiro atoms. The zero-order chi connectivity index (χ0) is 13.1. The molecular weight excluding hydrogens is 233 g/mol. The third kappa shape index (κ3) is 2.46. The number of H-pyrrole nitrogens is 1. The Morgan fingerprint density at radius 1 is 1.44 bits per heavy atom. The fourth-order valence-corrected chi connectivity index (χ4v) is 1.87. The summed E-state index contributed by atoms with van der Waals surface area (Å²) < 4.78 is 18.5. The van der Waals surface area contributed by atoms with E-state index >= 15 is 0 Å². The molecule has 0 atom stereocenters. The monoisotopic (exact) mass is 251 g/mol. The van der Waals surface area contributed by atoms with Crippen molar-refractivity contribution in [1.82, 2.24) is 15.1 Å². The van der Waals surface area contributed by atoms with Gasteiger partial charge in [0.05, 0.1) is 18.3 Å². The van der Waals surface area contributed by atoms with Gasteiger partial charge in [-0.05, 0) is 19.7 Å². The van der Waals surface area contributed by atoms with Crippen LogP contribution < -0.4 is 4.74 Å². The summed E-state index contributed by atoms with van der Waals surface area (Å²) in [6.45, 7) is 4.04. The number of aromatic amines is 1. The number of benzene rings is 1. The first-order valence-electron chi connectivity index (χ1n) is 6.04. The van der Waals surface area contributed by atoms with Gasteiger partial charge in [-0.2, -0.15) is 5.10 Å². The van der Waals surface area contributed by atoms with Crippen LogP contribution in [0.15, 0.2) is 12.1 Å². The van der Waals surface area contributed by atoms with Gasteiger partial charge in [0.1, 0.15) is 0 Å². The molecule has 0 saturated heterocycles. The number of fused-ring (bicyclic) bond motifs is 1. The third-order valence-electron chi connectivity index (χ3n) is 3.18. The lowest BCUT2D eigenvalue weighted by Crippen LogP contribution is -2.20. The molecule has 2 rings (SSSR count). The highest BCUT2D eigenvalue weighted by Crippen LogP contribution is 2.25. The average Bonchev–Trinajstić information content (AvgIpc) is 2.76. The van der Waals surface area contributed by atoms with E-state index in [0.29, 0.717) is 5.52 Å². The van der Waals surface area contributed by atoms with Crippen molar-refractivity contribution >= 4 is 10.9 Å². The Morgan fingerprint density at radius 2 is 2.22 bits per heavy atom. The maximum atomic E-state index is 13.5. The van der Waals surface area contributed by atoms with E-state index < -0.39 is 0 Å². The van der Waals surface area contributed by atoms with Gasteiger partial charge in [-0.1, -0.05) is 6.92 Å². The van der Waals surface area contributed by atoms with E-state index in [-0.39, 0.29) is 11.6 Å². The van der Waals surface area contributed by atoms with Gasteiger partial charge in [-0.25, -0.2) is 4.39 Å². The van der Waals surface area contributed by atoms with Crippen molar-refractivity contribution in [3.8, 4) is 5.75 Å². The Balaban J connectivity index is 2.29. The number of likely N-dealkylation sites (N-methyl/N-ethyl adjacent to an activating group) is 1. The molecule has 4 nitrogen and oxygen atoms in total. The van der Waals surface area contributed by atoms with Crippen LogP contribution in [0.4, 0.5) is 4.39 Å². The van der Waals surface area contributed by atoms with Gasteiger partial charge in [-0.15, -0.1) is 0 Å². The van der Waals surface area contributed by atoms with Gasteiger partial charge < -0.3 is 9.64 Å². The Morgan fingerprint density at radius 3 is 2.89 bits per heavy atom. The number of methoxy groups -OCH3 is 1. The molecule has 0 saturated carbocycles. The van der Waals surface area contributed by atoms with Gasteiger partial charge in [-0.3, -0.25) is 5.10 Å². The minimum atomic E-state index is -0.370. The normalized spacial score (nSPS) is 11.4. The number of ether oxygens (including phenoxy) is 1. The molecule has 1 N–H and O–H groups in total. The quantitative estimate of drug-likeness (QED) is 0.885. The summed E-state index contributed by atoms with van der Waals surface area (Å²) in [4.78, 5) is 2.21. The Hall–Kier alpha value is -1.62. The number of hydrogen-bond donors (Lipinski definition) is 1. The molecule has 0 bridgehead atoms. The van der Waals surface area contributed by atoms with E-state index in [1.54, 1.807) is 6.07 Å². The van der Waals surface area contributed by atoms with Crippen LogP contribution in [0.25, 0.3) is 10.9 Å². The van der Waals surface area contributed by atoms with Gasteiger partial charge in [0.25, 0.3) is 0 Å². The van der Waals surface area contributed by atoms with Crippen LogP contribution >= 0.6 is 0 Å². The number of rotatable bonds is 5. The van der Waals surface area contributed by atoms with Crippen molar-refractivity contribution in [1.29, 1.82) is 0 Å². The summed E-state index contributed by atoms with van der Waals surface area (Å²) >= 11 is 0. The molecule has 0 amide bonds. The lowest BCUT2D eigenvalue weighted by Gasteiger charge is -2.12. The molecular formula is C13H18FN3O. The van der Waals surface area contributed by atoms with Crippen LogP contribution in [-0.4, -0.2) is 42.3 Å². The van der Waals surface area contributed by atoms with E-state index in [1.807, 2.05) is 0 Å². The van der Waals surface area contributed by atoms with Gasteiger partial charge in [0.2, 0.25) is 0 Å². The predicted molar refractivity (Wildman–Crippen MR) is 69.5 cm³/mol. The fraction of sp³-hybridized carbons (Fsp3) is 0.462.